The summed E-state index contributed by atoms with van der Waals surface area (Å²) in [5.41, 5.74) is 5.59. The van der Waals surface area contributed by atoms with Gasteiger partial charge in [0.15, 0.2) is 0 Å². The van der Waals surface area contributed by atoms with Gasteiger partial charge in [-0.25, -0.2) is 0 Å². The predicted octanol–water partition coefficient (Wildman–Crippen LogP) is 13.7. The van der Waals surface area contributed by atoms with E-state index in [9.17, 15) is 4.11 Å². The molecule has 1 nitrogen and oxygen atoms in total. The average Bonchev–Trinajstić information content (AvgIpc) is 3.66. The topological polar surface area (TPSA) is 13.1 Å². The van der Waals surface area contributed by atoms with Crippen molar-refractivity contribution in [2.75, 3.05) is 0 Å². The fraction of sp³-hybridized carbons (Fsp3) is 0. The number of fused-ring (bicyclic) bond motifs is 6. The van der Waals surface area contributed by atoms with Crippen molar-refractivity contribution in [3.05, 3.63) is 182 Å². The molecule has 228 valence electrons. The Morgan fingerprint density at radius 3 is 1.84 bits per heavy atom. The lowest BCUT2D eigenvalue weighted by Gasteiger charge is -2.19. The van der Waals surface area contributed by atoms with Crippen LogP contribution in [0.15, 0.2) is 186 Å². The third kappa shape index (κ3) is 4.40. The van der Waals surface area contributed by atoms with Crippen LogP contribution in [-0.4, -0.2) is 0 Å². The van der Waals surface area contributed by atoms with Crippen molar-refractivity contribution in [3.8, 4) is 44.5 Å². The smallest absolute Gasteiger partial charge is 0.136 e. The molecule has 0 atom stereocenters. The van der Waals surface area contributed by atoms with Crippen LogP contribution in [0.3, 0.4) is 0 Å². The minimum atomic E-state index is -0.655. The lowest BCUT2D eigenvalue weighted by molar-refractivity contribution is 0.669. The summed E-state index contributed by atoms with van der Waals surface area (Å²) >= 11 is 0. The highest BCUT2D eigenvalue weighted by molar-refractivity contribution is 6.23. The van der Waals surface area contributed by atoms with E-state index in [4.69, 9.17) is 18.1 Å². The molecule has 0 aliphatic rings. The normalized spacial score (nSPS) is 15.4. The van der Waals surface area contributed by atoms with Crippen molar-refractivity contribution in [1.29, 1.82) is 0 Å². The van der Waals surface area contributed by atoms with Gasteiger partial charge in [0.1, 0.15) is 11.2 Å². The zero-order valence-corrected chi connectivity index (χ0v) is 25.7. The molecule has 49 heavy (non-hydrogen) atoms. The molecule has 10 rings (SSSR count). The summed E-state index contributed by atoms with van der Waals surface area (Å²) in [6.45, 7) is 0. The van der Waals surface area contributed by atoms with Crippen molar-refractivity contribution in [3.63, 3.8) is 0 Å². The van der Waals surface area contributed by atoms with Crippen LogP contribution in [0.25, 0.3) is 98.8 Å². The van der Waals surface area contributed by atoms with Crippen LogP contribution in [0.1, 0.15) is 17.8 Å². The molecule has 1 aromatic heterocycles. The Balaban J connectivity index is 1.30. The van der Waals surface area contributed by atoms with Gasteiger partial charge in [-0.1, -0.05) is 163 Å². The fourth-order valence-electron chi connectivity index (χ4n) is 7.01. The molecular formula is C48H30O. The van der Waals surface area contributed by atoms with E-state index >= 15 is 0 Å². The third-order valence-electron chi connectivity index (χ3n) is 9.17. The van der Waals surface area contributed by atoms with E-state index in [0.29, 0.717) is 16.7 Å². The molecule has 0 radical (unpaired) electrons. The lowest BCUT2D eigenvalue weighted by Crippen LogP contribution is -1.91. The van der Waals surface area contributed by atoms with Crippen LogP contribution in [0.5, 0.6) is 0 Å². The van der Waals surface area contributed by atoms with Gasteiger partial charge in [0.25, 0.3) is 0 Å². The molecule has 0 aliphatic heterocycles. The molecule has 0 unspecified atom stereocenters. The van der Waals surface area contributed by atoms with Gasteiger partial charge in [-0.2, -0.15) is 0 Å². The van der Waals surface area contributed by atoms with Crippen molar-refractivity contribution < 1.29 is 22.2 Å². The van der Waals surface area contributed by atoms with Crippen molar-refractivity contribution in [2.24, 2.45) is 0 Å². The summed E-state index contributed by atoms with van der Waals surface area (Å²) in [6, 6.07) is 25.2. The first kappa shape index (κ1) is 17.6. The van der Waals surface area contributed by atoms with Gasteiger partial charge < -0.3 is 4.42 Å². The first-order valence-electron chi connectivity index (χ1n) is 22.3. The number of benzene rings is 9. The number of hydrogen-bond acceptors (Lipinski definition) is 1. The van der Waals surface area contributed by atoms with Crippen LogP contribution >= 0.6 is 0 Å². The minimum Gasteiger partial charge on any atom is -0.456 e. The summed E-state index contributed by atoms with van der Waals surface area (Å²) < 4.78 is 122. The summed E-state index contributed by atoms with van der Waals surface area (Å²) in [5, 5.41) is 1.70. The molecule has 0 saturated heterocycles. The first-order chi connectivity index (χ1) is 29.7. The van der Waals surface area contributed by atoms with Crippen LogP contribution in [0.4, 0.5) is 0 Å². The molecule has 9 aromatic carbocycles. The van der Waals surface area contributed by atoms with Crippen molar-refractivity contribution >= 4 is 54.3 Å². The molecule has 0 fully saturated rings. The molecule has 0 N–H and O–H groups in total. The van der Waals surface area contributed by atoms with Gasteiger partial charge in [-0.05, 0) is 95.0 Å². The summed E-state index contributed by atoms with van der Waals surface area (Å²) in [4.78, 5) is 0. The maximum atomic E-state index is 9.36. The Kier molecular flexibility index (Phi) is 3.99. The zero-order chi connectivity index (χ0) is 43.6. The quantitative estimate of drug-likeness (QED) is 0.175. The van der Waals surface area contributed by atoms with Gasteiger partial charge in [-0.15, -0.1) is 0 Å². The average molecular weight is 636 g/mol. The maximum absolute atomic E-state index is 9.36. The van der Waals surface area contributed by atoms with Crippen LogP contribution in [0, 0.1) is 0 Å². The van der Waals surface area contributed by atoms with E-state index in [2.05, 4.69) is 6.07 Å². The van der Waals surface area contributed by atoms with Crippen LogP contribution < -0.4 is 0 Å². The standard InChI is InChI=1S/C48H30O/c1-2-13-33(14-3-1)43-29-35(30-45-48(43)42-22-10-11-24-44(42)49-45)31-25-27-34(28-26-31)46-38-18-6-8-20-40(38)47(41-21-9-7-19-39(41)46)37-23-12-16-32-15-4-5-17-36(32)37/h1-30H/i4D,5D,6D,7D,8D,9D,12D,15D,16D,17D,18D,20D,23D. The Morgan fingerprint density at radius 1 is 0.367 bits per heavy atom. The first-order valence-corrected chi connectivity index (χ1v) is 15.8. The number of hydrogen-bond donors (Lipinski definition) is 0. The Hall–Kier alpha value is -6.44. The summed E-state index contributed by atoms with van der Waals surface area (Å²) in [6.07, 6.45) is 0. The van der Waals surface area contributed by atoms with Gasteiger partial charge in [0, 0.05) is 10.8 Å². The van der Waals surface area contributed by atoms with Gasteiger partial charge in [0.2, 0.25) is 0 Å². The fourth-order valence-corrected chi connectivity index (χ4v) is 7.01. The predicted molar refractivity (Wildman–Crippen MR) is 208 cm³/mol. The molecule has 0 aliphatic carbocycles. The van der Waals surface area contributed by atoms with Gasteiger partial charge in [0.05, 0.1) is 17.8 Å². The van der Waals surface area contributed by atoms with E-state index in [0.717, 1.165) is 38.6 Å². The maximum Gasteiger partial charge on any atom is 0.136 e. The van der Waals surface area contributed by atoms with E-state index in [1.807, 2.05) is 84.9 Å². The second kappa shape index (κ2) is 11.1. The van der Waals surface area contributed by atoms with Gasteiger partial charge in [-0.3, -0.25) is 0 Å². The van der Waals surface area contributed by atoms with Gasteiger partial charge >= 0.3 is 0 Å². The van der Waals surface area contributed by atoms with Crippen molar-refractivity contribution in [1.82, 2.24) is 0 Å². The van der Waals surface area contributed by atoms with E-state index < -0.39 is 66.5 Å². The molecule has 0 saturated carbocycles. The molecule has 1 heterocycles. The largest absolute Gasteiger partial charge is 0.456 e. The van der Waals surface area contributed by atoms with E-state index in [-0.39, 0.29) is 55.5 Å². The molecule has 0 bridgehead atoms. The zero-order valence-electron chi connectivity index (χ0n) is 38.7. The van der Waals surface area contributed by atoms with Crippen molar-refractivity contribution in [2.45, 2.75) is 0 Å². The Morgan fingerprint density at radius 2 is 1.02 bits per heavy atom. The van der Waals surface area contributed by atoms with E-state index in [1.165, 1.54) is 12.1 Å². The second-order valence-electron chi connectivity index (χ2n) is 11.8. The minimum absolute atomic E-state index is 0.00769. The molecule has 0 spiro atoms. The SMILES string of the molecule is [2H]c1cc2c(-c3ccc(-c4cc(-c5ccccc5)c5c(c4)oc4ccccc45)cc3)c3c([2H])c([2H])c([2H])c([2H])c3c(-c3c([2H])c([2H])c([2H])c4c([2H])c([2H])c([2H])c([2H])c34)c2cc1[2H]. The monoisotopic (exact) mass is 635 g/mol. The van der Waals surface area contributed by atoms with E-state index in [1.54, 1.807) is 0 Å². The molecular weight excluding hydrogens is 593 g/mol. The highest BCUT2D eigenvalue weighted by Crippen LogP contribution is 2.46. The molecule has 1 heteroatoms. The third-order valence-corrected chi connectivity index (χ3v) is 9.17. The number of rotatable bonds is 4. The highest BCUT2D eigenvalue weighted by Gasteiger charge is 2.19. The number of furan rings is 1. The summed E-state index contributed by atoms with van der Waals surface area (Å²) in [5.74, 6) is 0. The second-order valence-corrected chi connectivity index (χ2v) is 11.8. The molecule has 0 amide bonds. The Labute approximate surface area is 302 Å². The number of para-hydroxylation sites is 1. The van der Waals surface area contributed by atoms with Crippen LogP contribution in [0.2, 0.25) is 0 Å². The lowest BCUT2D eigenvalue weighted by atomic mass is 9.84. The molecule has 10 aromatic rings. The highest BCUT2D eigenvalue weighted by atomic mass is 16.3. The van der Waals surface area contributed by atoms with Crippen LogP contribution in [-0.2, 0) is 0 Å². The Bertz CT molecular complexity index is 3590. The summed E-state index contributed by atoms with van der Waals surface area (Å²) in [7, 11) is 0.